The fourth-order valence-electron chi connectivity index (χ4n) is 1.97. The minimum Gasteiger partial charge on any atom is -0.356 e. The maximum absolute atomic E-state index is 11.7. The van der Waals surface area contributed by atoms with Gasteiger partial charge in [0.1, 0.15) is 0 Å². The third kappa shape index (κ3) is 4.72. The number of carbonyl (C=O) groups is 1. The predicted octanol–water partition coefficient (Wildman–Crippen LogP) is 1.67. The van der Waals surface area contributed by atoms with E-state index in [1.54, 1.807) is 6.07 Å². The zero-order chi connectivity index (χ0) is 14.2. The summed E-state index contributed by atoms with van der Waals surface area (Å²) in [4.78, 5) is 25.5. The summed E-state index contributed by atoms with van der Waals surface area (Å²) in [5.41, 5.74) is 1.88. The van der Waals surface area contributed by atoms with Crippen LogP contribution in [-0.2, 0) is 17.6 Å². The Hall–Kier alpha value is -2.36. The van der Waals surface area contributed by atoms with Crippen molar-refractivity contribution in [2.75, 3.05) is 6.54 Å². The molecule has 4 heteroatoms. The molecule has 1 heterocycles. The first-order valence-electron chi connectivity index (χ1n) is 6.73. The number of aromatic nitrogens is 1. The fraction of sp³-hybridized carbons (Fsp3) is 0.250. The van der Waals surface area contributed by atoms with E-state index < -0.39 is 0 Å². The number of hydrogen-bond acceptors (Lipinski definition) is 2. The lowest BCUT2D eigenvalue weighted by Gasteiger charge is -2.05. The second kappa shape index (κ2) is 7.28. The van der Waals surface area contributed by atoms with Crippen molar-refractivity contribution in [1.82, 2.24) is 10.3 Å². The molecule has 1 amide bonds. The van der Waals surface area contributed by atoms with Crippen molar-refractivity contribution in [3.05, 3.63) is 70.1 Å². The van der Waals surface area contributed by atoms with Crippen LogP contribution < -0.4 is 10.9 Å². The van der Waals surface area contributed by atoms with E-state index in [0.29, 0.717) is 19.4 Å². The van der Waals surface area contributed by atoms with Gasteiger partial charge in [-0.25, -0.2) is 0 Å². The van der Waals surface area contributed by atoms with E-state index in [2.05, 4.69) is 10.3 Å². The number of hydrogen-bond donors (Lipinski definition) is 2. The monoisotopic (exact) mass is 270 g/mol. The van der Waals surface area contributed by atoms with Gasteiger partial charge in [-0.05, 0) is 18.1 Å². The Morgan fingerprint density at radius 2 is 1.80 bits per heavy atom. The topological polar surface area (TPSA) is 62.0 Å². The standard InChI is InChI=1S/C16H18N2O2/c19-15(10-9-13-5-2-1-3-6-13)17-12-11-14-7-4-8-16(20)18-14/h1-8H,9-12H2,(H,17,19)(H,18,20). The fourth-order valence-corrected chi connectivity index (χ4v) is 1.97. The Morgan fingerprint density at radius 3 is 2.55 bits per heavy atom. The highest BCUT2D eigenvalue weighted by molar-refractivity contribution is 5.76. The summed E-state index contributed by atoms with van der Waals surface area (Å²) in [6.07, 6.45) is 1.86. The summed E-state index contributed by atoms with van der Waals surface area (Å²) in [6.45, 7) is 0.535. The Bertz CT molecular complexity index is 605. The van der Waals surface area contributed by atoms with E-state index in [0.717, 1.165) is 17.7 Å². The molecule has 0 aliphatic carbocycles. The zero-order valence-corrected chi connectivity index (χ0v) is 11.3. The van der Waals surface area contributed by atoms with Crippen molar-refractivity contribution in [1.29, 1.82) is 0 Å². The molecule has 0 saturated carbocycles. The summed E-state index contributed by atoms with van der Waals surface area (Å²) in [5, 5.41) is 2.86. The van der Waals surface area contributed by atoms with Gasteiger partial charge in [-0.2, -0.15) is 0 Å². The van der Waals surface area contributed by atoms with Crippen molar-refractivity contribution >= 4 is 5.91 Å². The number of carbonyl (C=O) groups excluding carboxylic acids is 1. The van der Waals surface area contributed by atoms with E-state index in [1.807, 2.05) is 36.4 Å². The molecule has 4 nitrogen and oxygen atoms in total. The van der Waals surface area contributed by atoms with Crippen LogP contribution in [0.25, 0.3) is 0 Å². The Kier molecular flexibility index (Phi) is 5.12. The minimum atomic E-state index is -0.113. The highest BCUT2D eigenvalue weighted by Gasteiger charge is 2.02. The molecular weight excluding hydrogens is 252 g/mol. The molecule has 2 rings (SSSR count). The first-order valence-corrected chi connectivity index (χ1v) is 6.73. The smallest absolute Gasteiger partial charge is 0.248 e. The number of rotatable bonds is 6. The Balaban J connectivity index is 1.69. The molecule has 0 aliphatic heterocycles. The molecule has 1 aromatic carbocycles. The molecule has 0 unspecified atom stereocenters. The maximum Gasteiger partial charge on any atom is 0.248 e. The van der Waals surface area contributed by atoms with Crippen molar-refractivity contribution in [2.24, 2.45) is 0 Å². The third-order valence-corrected chi connectivity index (χ3v) is 3.03. The van der Waals surface area contributed by atoms with Gasteiger partial charge in [-0.3, -0.25) is 9.59 Å². The van der Waals surface area contributed by atoms with Gasteiger partial charge < -0.3 is 10.3 Å². The molecular formula is C16H18N2O2. The van der Waals surface area contributed by atoms with Gasteiger partial charge in [0, 0.05) is 31.1 Å². The summed E-state index contributed by atoms with van der Waals surface area (Å²) in [7, 11) is 0. The molecule has 2 N–H and O–H groups in total. The lowest BCUT2D eigenvalue weighted by molar-refractivity contribution is -0.121. The number of pyridine rings is 1. The molecule has 20 heavy (non-hydrogen) atoms. The van der Waals surface area contributed by atoms with Crippen LogP contribution in [-0.4, -0.2) is 17.4 Å². The van der Waals surface area contributed by atoms with E-state index in [-0.39, 0.29) is 11.5 Å². The molecule has 0 radical (unpaired) electrons. The molecule has 0 atom stereocenters. The van der Waals surface area contributed by atoms with Crippen LogP contribution in [0.5, 0.6) is 0 Å². The lowest BCUT2D eigenvalue weighted by Crippen LogP contribution is -2.26. The van der Waals surface area contributed by atoms with Gasteiger partial charge >= 0.3 is 0 Å². The van der Waals surface area contributed by atoms with Gasteiger partial charge in [0.25, 0.3) is 0 Å². The first kappa shape index (κ1) is 14.1. The van der Waals surface area contributed by atoms with Gasteiger partial charge in [-0.15, -0.1) is 0 Å². The summed E-state index contributed by atoms with van der Waals surface area (Å²) in [6, 6.07) is 15.0. The predicted molar refractivity (Wildman–Crippen MR) is 78.5 cm³/mol. The first-order chi connectivity index (χ1) is 9.74. The van der Waals surface area contributed by atoms with Gasteiger partial charge in [0.2, 0.25) is 11.5 Å². The normalized spacial score (nSPS) is 10.2. The molecule has 0 bridgehead atoms. The molecule has 0 aliphatic rings. The summed E-state index contributed by atoms with van der Waals surface area (Å²) >= 11 is 0. The molecule has 104 valence electrons. The maximum atomic E-state index is 11.7. The van der Waals surface area contributed by atoms with E-state index in [1.165, 1.54) is 6.07 Å². The van der Waals surface area contributed by atoms with Crippen LogP contribution in [0.1, 0.15) is 17.7 Å². The number of aryl methyl sites for hydroxylation is 1. The van der Waals surface area contributed by atoms with E-state index >= 15 is 0 Å². The van der Waals surface area contributed by atoms with Crippen LogP contribution in [0.4, 0.5) is 0 Å². The van der Waals surface area contributed by atoms with Gasteiger partial charge in [-0.1, -0.05) is 36.4 Å². The molecule has 0 spiro atoms. The SMILES string of the molecule is O=C(CCc1ccccc1)NCCc1cccc(=O)[nH]1. The number of nitrogens with one attached hydrogen (secondary N) is 2. The van der Waals surface area contributed by atoms with Crippen LogP contribution in [0.2, 0.25) is 0 Å². The summed E-state index contributed by atoms with van der Waals surface area (Å²) < 4.78 is 0. The quantitative estimate of drug-likeness (QED) is 0.838. The Labute approximate surface area is 117 Å². The van der Waals surface area contributed by atoms with Crippen LogP contribution >= 0.6 is 0 Å². The molecule has 0 fully saturated rings. The number of benzene rings is 1. The van der Waals surface area contributed by atoms with Crippen molar-refractivity contribution in [2.45, 2.75) is 19.3 Å². The molecule has 1 aromatic heterocycles. The van der Waals surface area contributed by atoms with Crippen LogP contribution in [0.15, 0.2) is 53.3 Å². The number of H-pyrrole nitrogens is 1. The van der Waals surface area contributed by atoms with Crippen molar-refractivity contribution in [3.8, 4) is 0 Å². The zero-order valence-electron chi connectivity index (χ0n) is 11.3. The number of amides is 1. The van der Waals surface area contributed by atoms with Gasteiger partial charge in [0.15, 0.2) is 0 Å². The Morgan fingerprint density at radius 1 is 1.00 bits per heavy atom. The van der Waals surface area contributed by atoms with E-state index in [4.69, 9.17) is 0 Å². The molecule has 2 aromatic rings. The second-order valence-corrected chi connectivity index (χ2v) is 4.63. The van der Waals surface area contributed by atoms with Crippen LogP contribution in [0, 0.1) is 0 Å². The summed E-state index contributed by atoms with van der Waals surface area (Å²) in [5.74, 6) is 0.0344. The lowest BCUT2D eigenvalue weighted by atomic mass is 10.1. The second-order valence-electron chi connectivity index (χ2n) is 4.63. The van der Waals surface area contributed by atoms with Crippen molar-refractivity contribution in [3.63, 3.8) is 0 Å². The highest BCUT2D eigenvalue weighted by atomic mass is 16.1. The van der Waals surface area contributed by atoms with Crippen molar-refractivity contribution < 1.29 is 4.79 Å². The minimum absolute atomic E-state index is 0.0344. The van der Waals surface area contributed by atoms with E-state index in [9.17, 15) is 9.59 Å². The largest absolute Gasteiger partial charge is 0.356 e. The third-order valence-electron chi connectivity index (χ3n) is 3.03. The van der Waals surface area contributed by atoms with Gasteiger partial charge in [0.05, 0.1) is 0 Å². The average molecular weight is 270 g/mol. The highest BCUT2D eigenvalue weighted by Crippen LogP contribution is 2.02. The average Bonchev–Trinajstić information content (AvgIpc) is 2.46. The van der Waals surface area contributed by atoms with Crippen LogP contribution in [0.3, 0.4) is 0 Å². The number of aromatic amines is 1. The molecule has 0 saturated heterocycles.